The van der Waals surface area contributed by atoms with Crippen LogP contribution in [0.3, 0.4) is 0 Å². The maximum absolute atomic E-state index is 9.69. The molecular weight excluding hydrogens is 190 g/mol. The molecule has 0 aromatic carbocycles. The number of rotatable bonds is 6. The fourth-order valence-electron chi connectivity index (χ4n) is 2.17. The molecule has 0 radical (unpaired) electrons. The molecule has 1 aliphatic rings. The van der Waals surface area contributed by atoms with Crippen LogP contribution in [0.1, 0.15) is 33.1 Å². The second-order valence-corrected chi connectivity index (χ2v) is 4.94. The third-order valence-electron chi connectivity index (χ3n) is 3.09. The van der Waals surface area contributed by atoms with Crippen molar-refractivity contribution in [3.05, 3.63) is 0 Å². The van der Waals surface area contributed by atoms with Crippen molar-refractivity contribution in [2.75, 3.05) is 26.7 Å². The maximum atomic E-state index is 9.69. The van der Waals surface area contributed by atoms with Gasteiger partial charge in [-0.3, -0.25) is 0 Å². The van der Waals surface area contributed by atoms with E-state index in [1.165, 1.54) is 12.8 Å². The Morgan fingerprint density at radius 2 is 2.13 bits per heavy atom. The Labute approximate surface area is 93.4 Å². The van der Waals surface area contributed by atoms with Crippen LogP contribution in [0.15, 0.2) is 0 Å². The van der Waals surface area contributed by atoms with E-state index < -0.39 is 0 Å². The fraction of sp³-hybridized carbons (Fsp3) is 1.00. The largest absolute Gasteiger partial charge is 0.393 e. The molecule has 2 unspecified atom stereocenters. The lowest BCUT2D eigenvalue weighted by Gasteiger charge is -2.23. The highest BCUT2D eigenvalue weighted by Crippen LogP contribution is 2.25. The second-order valence-electron chi connectivity index (χ2n) is 4.94. The van der Waals surface area contributed by atoms with Crippen LogP contribution in [0.2, 0.25) is 0 Å². The molecule has 3 heteroatoms. The van der Waals surface area contributed by atoms with Crippen LogP contribution < -0.4 is 0 Å². The van der Waals surface area contributed by atoms with Crippen molar-refractivity contribution in [3.63, 3.8) is 0 Å². The molecule has 15 heavy (non-hydrogen) atoms. The quantitative estimate of drug-likeness (QED) is 0.729. The summed E-state index contributed by atoms with van der Waals surface area (Å²) in [5.41, 5.74) is 0. The van der Waals surface area contributed by atoms with Gasteiger partial charge in [0.15, 0.2) is 0 Å². The lowest BCUT2D eigenvalue weighted by molar-refractivity contribution is 0.0532. The average molecular weight is 215 g/mol. The topological polar surface area (TPSA) is 32.7 Å². The predicted octanol–water partition coefficient (Wildman–Crippen LogP) is 1.50. The van der Waals surface area contributed by atoms with Crippen LogP contribution in [-0.4, -0.2) is 49.0 Å². The van der Waals surface area contributed by atoms with Crippen molar-refractivity contribution in [3.8, 4) is 0 Å². The van der Waals surface area contributed by atoms with Crippen LogP contribution in [0.4, 0.5) is 0 Å². The molecule has 0 aromatic heterocycles. The zero-order valence-electron chi connectivity index (χ0n) is 10.3. The summed E-state index contributed by atoms with van der Waals surface area (Å²) >= 11 is 0. The van der Waals surface area contributed by atoms with Crippen LogP contribution in [-0.2, 0) is 4.74 Å². The smallest absolute Gasteiger partial charge is 0.0596 e. The first-order valence-electron chi connectivity index (χ1n) is 6.08. The van der Waals surface area contributed by atoms with Crippen molar-refractivity contribution in [2.45, 2.75) is 45.3 Å². The van der Waals surface area contributed by atoms with E-state index in [1.54, 1.807) is 0 Å². The summed E-state index contributed by atoms with van der Waals surface area (Å²) in [6.07, 6.45) is 3.59. The molecular formula is C12H25NO2. The number of nitrogens with zero attached hydrogens (tertiary/aromatic N) is 1. The lowest BCUT2D eigenvalue weighted by atomic mass is 10.1. The van der Waals surface area contributed by atoms with Gasteiger partial charge in [0.1, 0.15) is 0 Å². The molecule has 1 N–H and O–H groups in total. The molecule has 0 saturated heterocycles. The van der Waals surface area contributed by atoms with Crippen molar-refractivity contribution in [1.82, 2.24) is 4.90 Å². The Hall–Kier alpha value is -0.120. The summed E-state index contributed by atoms with van der Waals surface area (Å²) in [5, 5.41) is 9.69. The SMILES string of the molecule is CC(C)OCCN(C)CC1CCCC1O. The summed E-state index contributed by atoms with van der Waals surface area (Å²) in [4.78, 5) is 2.27. The predicted molar refractivity (Wildman–Crippen MR) is 61.9 cm³/mol. The van der Waals surface area contributed by atoms with Crippen LogP contribution in [0.25, 0.3) is 0 Å². The van der Waals surface area contributed by atoms with E-state index in [2.05, 4.69) is 25.8 Å². The van der Waals surface area contributed by atoms with Gasteiger partial charge >= 0.3 is 0 Å². The van der Waals surface area contributed by atoms with E-state index in [-0.39, 0.29) is 6.10 Å². The summed E-state index contributed by atoms with van der Waals surface area (Å²) in [6, 6.07) is 0. The van der Waals surface area contributed by atoms with E-state index >= 15 is 0 Å². The maximum Gasteiger partial charge on any atom is 0.0596 e. The van der Waals surface area contributed by atoms with Gasteiger partial charge in [0.05, 0.1) is 18.8 Å². The first-order chi connectivity index (χ1) is 7.09. The monoisotopic (exact) mass is 215 g/mol. The molecule has 0 bridgehead atoms. The third-order valence-corrected chi connectivity index (χ3v) is 3.09. The lowest BCUT2D eigenvalue weighted by Crippen LogP contribution is -2.32. The van der Waals surface area contributed by atoms with Crippen LogP contribution in [0.5, 0.6) is 0 Å². The number of aliphatic hydroxyl groups is 1. The minimum atomic E-state index is -0.0709. The van der Waals surface area contributed by atoms with E-state index in [1.807, 2.05) is 0 Å². The minimum Gasteiger partial charge on any atom is -0.393 e. The summed E-state index contributed by atoms with van der Waals surface area (Å²) in [6.45, 7) is 6.86. The van der Waals surface area contributed by atoms with Gasteiger partial charge in [-0.2, -0.15) is 0 Å². The molecule has 3 nitrogen and oxygen atoms in total. The number of ether oxygens (including phenoxy) is 1. The van der Waals surface area contributed by atoms with Crippen LogP contribution >= 0.6 is 0 Å². The molecule has 0 aromatic rings. The van der Waals surface area contributed by atoms with Gasteiger partial charge in [-0.25, -0.2) is 0 Å². The third kappa shape index (κ3) is 4.96. The molecule has 0 heterocycles. The fourth-order valence-corrected chi connectivity index (χ4v) is 2.17. The molecule has 0 amide bonds. The molecule has 1 aliphatic carbocycles. The van der Waals surface area contributed by atoms with Gasteiger partial charge < -0.3 is 14.7 Å². The highest BCUT2D eigenvalue weighted by atomic mass is 16.5. The first-order valence-corrected chi connectivity index (χ1v) is 6.08. The minimum absolute atomic E-state index is 0.0709. The van der Waals surface area contributed by atoms with Gasteiger partial charge in [-0.05, 0) is 39.7 Å². The number of likely N-dealkylation sites (N-methyl/N-ethyl adjacent to an activating group) is 1. The van der Waals surface area contributed by atoms with Crippen molar-refractivity contribution < 1.29 is 9.84 Å². The van der Waals surface area contributed by atoms with Gasteiger partial charge in [0.2, 0.25) is 0 Å². The zero-order chi connectivity index (χ0) is 11.3. The van der Waals surface area contributed by atoms with Crippen molar-refractivity contribution in [1.29, 1.82) is 0 Å². The van der Waals surface area contributed by atoms with E-state index in [0.29, 0.717) is 12.0 Å². The molecule has 0 aliphatic heterocycles. The molecule has 2 atom stereocenters. The number of aliphatic hydroxyl groups excluding tert-OH is 1. The van der Waals surface area contributed by atoms with E-state index in [4.69, 9.17) is 4.74 Å². The Morgan fingerprint density at radius 1 is 1.40 bits per heavy atom. The summed E-state index contributed by atoms with van der Waals surface area (Å²) in [5.74, 6) is 0.481. The van der Waals surface area contributed by atoms with Gasteiger partial charge in [-0.1, -0.05) is 6.42 Å². The molecule has 90 valence electrons. The van der Waals surface area contributed by atoms with Gasteiger partial charge in [-0.15, -0.1) is 0 Å². The summed E-state index contributed by atoms with van der Waals surface area (Å²) < 4.78 is 5.50. The Balaban J connectivity index is 2.09. The Morgan fingerprint density at radius 3 is 2.67 bits per heavy atom. The van der Waals surface area contributed by atoms with Gasteiger partial charge in [0, 0.05) is 13.1 Å². The highest BCUT2D eigenvalue weighted by molar-refractivity contribution is 4.78. The highest BCUT2D eigenvalue weighted by Gasteiger charge is 2.25. The number of hydrogen-bond donors (Lipinski definition) is 1. The van der Waals surface area contributed by atoms with Crippen molar-refractivity contribution >= 4 is 0 Å². The first kappa shape index (κ1) is 12.9. The zero-order valence-corrected chi connectivity index (χ0v) is 10.3. The van der Waals surface area contributed by atoms with Gasteiger partial charge in [0.25, 0.3) is 0 Å². The average Bonchev–Trinajstić information content (AvgIpc) is 2.51. The number of hydrogen-bond acceptors (Lipinski definition) is 3. The van der Waals surface area contributed by atoms with E-state index in [0.717, 1.165) is 26.1 Å². The molecule has 1 rings (SSSR count). The van der Waals surface area contributed by atoms with E-state index in [9.17, 15) is 5.11 Å². The van der Waals surface area contributed by atoms with Crippen LogP contribution in [0, 0.1) is 5.92 Å². The second kappa shape index (κ2) is 6.46. The molecule has 1 saturated carbocycles. The summed E-state index contributed by atoms with van der Waals surface area (Å²) in [7, 11) is 2.11. The van der Waals surface area contributed by atoms with Crippen molar-refractivity contribution in [2.24, 2.45) is 5.92 Å². The normalized spacial score (nSPS) is 26.8. The molecule has 1 fully saturated rings. The standard InChI is InChI=1S/C12H25NO2/c1-10(2)15-8-7-13(3)9-11-5-4-6-12(11)14/h10-12,14H,4-9H2,1-3H3. The molecule has 0 spiro atoms. The Bertz CT molecular complexity index is 173. The Kier molecular flexibility index (Phi) is 5.58.